The highest BCUT2D eigenvalue weighted by Crippen LogP contribution is 2.33. The van der Waals surface area contributed by atoms with Crippen molar-refractivity contribution in [3.05, 3.63) is 76.2 Å². The van der Waals surface area contributed by atoms with Gasteiger partial charge < -0.3 is 19.4 Å². The summed E-state index contributed by atoms with van der Waals surface area (Å²) in [5.41, 5.74) is 3.85. The van der Waals surface area contributed by atoms with Crippen molar-refractivity contribution in [3.63, 3.8) is 0 Å². The number of halogens is 1. The average molecular weight is 476 g/mol. The van der Waals surface area contributed by atoms with Crippen LogP contribution < -0.4 is 9.64 Å². The van der Waals surface area contributed by atoms with Crippen LogP contribution in [0.15, 0.2) is 42.5 Å². The maximum Gasteiger partial charge on any atom is 0.254 e. The molecule has 1 saturated heterocycles. The number of amides is 1. The SMILES string of the molecule is Cc1cc(Oc2nc(N3CCN(C)CC3)nc3c2CN(C(=O)c2ccccc2C)CC3)ccc1F. The minimum Gasteiger partial charge on any atom is -0.438 e. The Balaban J connectivity index is 1.49. The monoisotopic (exact) mass is 475 g/mol. The number of rotatable bonds is 4. The Labute approximate surface area is 205 Å². The molecule has 2 aromatic carbocycles. The number of aromatic nitrogens is 2. The fraction of sp³-hybridized carbons (Fsp3) is 0.370. The van der Waals surface area contributed by atoms with Crippen LogP contribution in [0.5, 0.6) is 11.6 Å². The summed E-state index contributed by atoms with van der Waals surface area (Å²) in [5.74, 6) is 1.29. The van der Waals surface area contributed by atoms with Gasteiger partial charge in [-0.2, -0.15) is 4.98 Å². The third-order valence-electron chi connectivity index (χ3n) is 6.80. The molecule has 0 atom stereocenters. The molecule has 1 fully saturated rings. The smallest absolute Gasteiger partial charge is 0.254 e. The second-order valence-corrected chi connectivity index (χ2v) is 9.35. The number of hydrogen-bond acceptors (Lipinski definition) is 6. The van der Waals surface area contributed by atoms with Gasteiger partial charge >= 0.3 is 0 Å². The molecule has 0 unspecified atom stereocenters. The van der Waals surface area contributed by atoms with E-state index in [4.69, 9.17) is 14.7 Å². The summed E-state index contributed by atoms with van der Waals surface area (Å²) in [6.45, 7) is 8.14. The van der Waals surface area contributed by atoms with Gasteiger partial charge in [-0.15, -0.1) is 0 Å². The zero-order valence-corrected chi connectivity index (χ0v) is 20.4. The van der Waals surface area contributed by atoms with E-state index in [9.17, 15) is 9.18 Å². The quantitative estimate of drug-likeness (QED) is 0.569. The molecular weight excluding hydrogens is 445 g/mol. The zero-order chi connectivity index (χ0) is 24.5. The van der Waals surface area contributed by atoms with Crippen LogP contribution in [0.3, 0.4) is 0 Å². The third-order valence-corrected chi connectivity index (χ3v) is 6.80. The molecule has 3 aromatic rings. The molecule has 182 valence electrons. The minimum atomic E-state index is -0.282. The van der Waals surface area contributed by atoms with Crippen LogP contribution >= 0.6 is 0 Å². The molecule has 0 bridgehead atoms. The molecule has 0 saturated carbocycles. The fourth-order valence-corrected chi connectivity index (χ4v) is 4.55. The first-order valence-electron chi connectivity index (χ1n) is 12.0. The Bertz CT molecular complexity index is 1260. The lowest BCUT2D eigenvalue weighted by molar-refractivity contribution is 0.0731. The van der Waals surface area contributed by atoms with E-state index in [0.717, 1.165) is 43.0 Å². The van der Waals surface area contributed by atoms with Gasteiger partial charge in [-0.1, -0.05) is 18.2 Å². The van der Waals surface area contributed by atoms with Crippen LogP contribution in [0.4, 0.5) is 10.3 Å². The van der Waals surface area contributed by atoms with Crippen molar-refractivity contribution < 1.29 is 13.9 Å². The summed E-state index contributed by atoms with van der Waals surface area (Å²) >= 11 is 0. The van der Waals surface area contributed by atoms with Crippen LogP contribution in [-0.2, 0) is 13.0 Å². The van der Waals surface area contributed by atoms with Crippen LogP contribution in [0.1, 0.15) is 32.7 Å². The topological polar surface area (TPSA) is 61.8 Å². The fourth-order valence-electron chi connectivity index (χ4n) is 4.55. The predicted molar refractivity (Wildman–Crippen MR) is 133 cm³/mol. The van der Waals surface area contributed by atoms with Gasteiger partial charge in [0.25, 0.3) is 5.91 Å². The number of fused-ring (bicyclic) bond motifs is 1. The molecule has 3 heterocycles. The lowest BCUT2D eigenvalue weighted by Gasteiger charge is -2.34. The van der Waals surface area contributed by atoms with E-state index in [-0.39, 0.29) is 11.7 Å². The second-order valence-electron chi connectivity index (χ2n) is 9.35. The van der Waals surface area contributed by atoms with Crippen molar-refractivity contribution in [2.45, 2.75) is 26.8 Å². The number of hydrogen-bond donors (Lipinski definition) is 0. The van der Waals surface area contributed by atoms with Gasteiger partial charge in [0.15, 0.2) is 0 Å². The third kappa shape index (κ3) is 4.84. The van der Waals surface area contributed by atoms with Gasteiger partial charge in [0, 0.05) is 44.7 Å². The van der Waals surface area contributed by atoms with E-state index >= 15 is 0 Å². The molecular formula is C27H30FN5O2. The van der Waals surface area contributed by atoms with Crippen molar-refractivity contribution in [3.8, 4) is 11.6 Å². The second kappa shape index (κ2) is 9.62. The minimum absolute atomic E-state index is 0.0135. The molecule has 1 amide bonds. The van der Waals surface area contributed by atoms with Crippen LogP contribution in [0.2, 0.25) is 0 Å². The molecule has 8 heteroatoms. The number of ether oxygens (including phenoxy) is 1. The normalized spacial score (nSPS) is 16.2. The summed E-state index contributed by atoms with van der Waals surface area (Å²) in [6, 6.07) is 12.3. The Morgan fingerprint density at radius 1 is 0.971 bits per heavy atom. The summed E-state index contributed by atoms with van der Waals surface area (Å²) in [7, 11) is 2.11. The first-order valence-corrected chi connectivity index (χ1v) is 12.0. The Morgan fingerprint density at radius 2 is 1.74 bits per heavy atom. The largest absolute Gasteiger partial charge is 0.438 e. The standard InChI is InChI=1S/C27H30FN5O2/c1-18-6-4-5-7-21(18)26(34)33-11-10-24-22(17-33)25(35-20-8-9-23(28)19(2)16-20)30-27(29-24)32-14-12-31(3)13-15-32/h4-9,16H,10-15,17H2,1-3H3. The molecule has 5 rings (SSSR count). The van der Waals surface area contributed by atoms with E-state index in [2.05, 4.69) is 16.8 Å². The lowest BCUT2D eigenvalue weighted by atomic mass is 10.0. The molecule has 2 aliphatic rings. The number of piperazine rings is 1. The Hall–Kier alpha value is -3.52. The Morgan fingerprint density at radius 3 is 2.49 bits per heavy atom. The van der Waals surface area contributed by atoms with E-state index in [0.29, 0.717) is 48.2 Å². The highest BCUT2D eigenvalue weighted by atomic mass is 19.1. The van der Waals surface area contributed by atoms with Gasteiger partial charge in [0.2, 0.25) is 11.8 Å². The Kier molecular flexibility index (Phi) is 6.38. The number of aryl methyl sites for hydroxylation is 2. The molecule has 1 aromatic heterocycles. The molecule has 7 nitrogen and oxygen atoms in total. The van der Waals surface area contributed by atoms with Crippen molar-refractivity contribution in [1.82, 2.24) is 19.8 Å². The molecule has 2 aliphatic heterocycles. The van der Waals surface area contributed by atoms with Gasteiger partial charge in [-0.25, -0.2) is 9.37 Å². The van der Waals surface area contributed by atoms with Crippen molar-refractivity contribution in [2.75, 3.05) is 44.7 Å². The maximum atomic E-state index is 13.8. The van der Waals surface area contributed by atoms with E-state index in [1.807, 2.05) is 36.1 Å². The van der Waals surface area contributed by atoms with E-state index in [1.165, 1.54) is 6.07 Å². The van der Waals surface area contributed by atoms with E-state index in [1.54, 1.807) is 19.1 Å². The summed E-state index contributed by atoms with van der Waals surface area (Å²) in [4.78, 5) is 29.3. The maximum absolute atomic E-state index is 13.8. The van der Waals surface area contributed by atoms with Gasteiger partial charge in [0.1, 0.15) is 11.6 Å². The van der Waals surface area contributed by atoms with E-state index < -0.39 is 0 Å². The predicted octanol–water partition coefficient (Wildman–Crippen LogP) is 3.98. The van der Waals surface area contributed by atoms with Crippen LogP contribution in [0.25, 0.3) is 0 Å². The van der Waals surface area contributed by atoms with Crippen LogP contribution in [0, 0.1) is 19.7 Å². The van der Waals surface area contributed by atoms with Crippen molar-refractivity contribution in [1.29, 1.82) is 0 Å². The first-order chi connectivity index (χ1) is 16.9. The zero-order valence-electron chi connectivity index (χ0n) is 20.4. The average Bonchev–Trinajstić information content (AvgIpc) is 2.86. The lowest BCUT2D eigenvalue weighted by Crippen LogP contribution is -2.45. The summed E-state index contributed by atoms with van der Waals surface area (Å²) in [5, 5.41) is 0. The molecule has 0 radical (unpaired) electrons. The van der Waals surface area contributed by atoms with Gasteiger partial charge in [-0.05, 0) is 56.3 Å². The highest BCUT2D eigenvalue weighted by Gasteiger charge is 2.29. The summed E-state index contributed by atoms with van der Waals surface area (Å²) in [6.07, 6.45) is 0.620. The van der Waals surface area contributed by atoms with Crippen molar-refractivity contribution >= 4 is 11.9 Å². The van der Waals surface area contributed by atoms with Gasteiger partial charge in [0.05, 0.1) is 17.8 Å². The molecule has 0 spiro atoms. The molecule has 0 N–H and O–H groups in total. The molecule has 0 aliphatic carbocycles. The van der Waals surface area contributed by atoms with Crippen LogP contribution in [-0.4, -0.2) is 65.4 Å². The van der Waals surface area contributed by atoms with Gasteiger partial charge in [-0.3, -0.25) is 4.79 Å². The molecule has 35 heavy (non-hydrogen) atoms. The number of carbonyl (C=O) groups excluding carboxylic acids is 1. The number of benzene rings is 2. The number of nitrogens with zero attached hydrogens (tertiary/aromatic N) is 5. The number of anilines is 1. The number of likely N-dealkylation sites (N-methyl/N-ethyl adjacent to an activating group) is 1. The highest BCUT2D eigenvalue weighted by molar-refractivity contribution is 5.95. The number of carbonyl (C=O) groups is 1. The van der Waals surface area contributed by atoms with Crippen molar-refractivity contribution in [2.24, 2.45) is 0 Å². The summed E-state index contributed by atoms with van der Waals surface area (Å²) < 4.78 is 20.1. The first kappa shape index (κ1) is 23.2.